The summed E-state index contributed by atoms with van der Waals surface area (Å²) in [6.45, 7) is 5.11. The van der Waals surface area contributed by atoms with Crippen molar-refractivity contribution in [2.75, 3.05) is 17.4 Å². The Morgan fingerprint density at radius 2 is 1.63 bits per heavy atom. The van der Waals surface area contributed by atoms with Gasteiger partial charge in [0.2, 0.25) is 11.8 Å². The van der Waals surface area contributed by atoms with Crippen LogP contribution in [0.15, 0.2) is 77.7 Å². The third kappa shape index (κ3) is 7.11. The summed E-state index contributed by atoms with van der Waals surface area (Å²) in [7, 11) is -4.21. The third-order valence-corrected chi connectivity index (χ3v) is 8.09. The van der Waals surface area contributed by atoms with Crippen LogP contribution in [-0.4, -0.2) is 44.3 Å². The van der Waals surface area contributed by atoms with E-state index in [9.17, 15) is 22.4 Å². The van der Waals surface area contributed by atoms with Gasteiger partial charge in [-0.3, -0.25) is 13.9 Å². The topological polar surface area (TPSA) is 86.8 Å². The second-order valence-corrected chi connectivity index (χ2v) is 11.2. The molecule has 0 aliphatic carbocycles. The number of rotatable bonds is 11. The van der Waals surface area contributed by atoms with Crippen molar-refractivity contribution in [3.05, 3.63) is 94.8 Å². The van der Waals surface area contributed by atoms with Gasteiger partial charge in [-0.2, -0.15) is 0 Å². The van der Waals surface area contributed by atoms with Gasteiger partial charge in [-0.1, -0.05) is 60.5 Å². The Kier molecular flexibility index (Phi) is 9.88. The van der Waals surface area contributed by atoms with Crippen molar-refractivity contribution in [3.8, 4) is 0 Å². The summed E-state index contributed by atoms with van der Waals surface area (Å²) in [5.74, 6) is -1.44. The summed E-state index contributed by atoms with van der Waals surface area (Å²) in [6, 6.07) is 17.2. The SMILES string of the molecule is CCCNC(=O)C(C)N(Cc1ccc(F)cc1)C(=O)CN(c1ccccc1Cl)S(=O)(=O)c1ccc(C)cc1. The highest BCUT2D eigenvalue weighted by molar-refractivity contribution is 7.92. The smallest absolute Gasteiger partial charge is 0.264 e. The lowest BCUT2D eigenvalue weighted by Gasteiger charge is -2.32. The fraction of sp³-hybridized carbons (Fsp3) is 0.286. The quantitative estimate of drug-likeness (QED) is 0.361. The largest absolute Gasteiger partial charge is 0.354 e. The second kappa shape index (κ2) is 12.9. The van der Waals surface area contributed by atoms with Gasteiger partial charge in [0.1, 0.15) is 18.4 Å². The molecule has 0 heterocycles. The first-order valence-corrected chi connectivity index (χ1v) is 14.0. The predicted molar refractivity (Wildman–Crippen MR) is 147 cm³/mol. The lowest BCUT2D eigenvalue weighted by molar-refractivity contribution is -0.139. The molecule has 0 aromatic heterocycles. The second-order valence-electron chi connectivity index (χ2n) is 8.89. The molecule has 7 nitrogen and oxygen atoms in total. The highest BCUT2D eigenvalue weighted by Crippen LogP contribution is 2.31. The number of halogens is 2. The number of nitrogens with zero attached hydrogens (tertiary/aromatic N) is 2. The van der Waals surface area contributed by atoms with Crippen LogP contribution in [0.5, 0.6) is 0 Å². The molecule has 3 aromatic carbocycles. The van der Waals surface area contributed by atoms with E-state index in [0.717, 1.165) is 9.87 Å². The Morgan fingerprint density at radius 3 is 2.24 bits per heavy atom. The van der Waals surface area contributed by atoms with E-state index in [1.165, 1.54) is 53.4 Å². The summed E-state index contributed by atoms with van der Waals surface area (Å²) in [4.78, 5) is 27.9. The molecule has 0 aliphatic heterocycles. The van der Waals surface area contributed by atoms with Crippen LogP contribution in [0, 0.1) is 12.7 Å². The molecule has 3 rings (SSSR count). The molecule has 1 N–H and O–H groups in total. The average Bonchev–Trinajstić information content (AvgIpc) is 2.90. The van der Waals surface area contributed by atoms with Crippen molar-refractivity contribution < 1.29 is 22.4 Å². The highest BCUT2D eigenvalue weighted by atomic mass is 35.5. The zero-order valence-corrected chi connectivity index (χ0v) is 23.1. The molecule has 0 saturated heterocycles. The van der Waals surface area contributed by atoms with Crippen molar-refractivity contribution in [1.29, 1.82) is 0 Å². The van der Waals surface area contributed by atoms with Gasteiger partial charge in [-0.05, 0) is 62.2 Å². The van der Waals surface area contributed by atoms with Crippen LogP contribution in [0.25, 0.3) is 0 Å². The number of aryl methyl sites for hydroxylation is 1. The molecule has 0 spiro atoms. The van der Waals surface area contributed by atoms with Crippen LogP contribution in [0.4, 0.5) is 10.1 Å². The zero-order chi connectivity index (χ0) is 27.9. The number of carbonyl (C=O) groups is 2. The monoisotopic (exact) mass is 559 g/mol. The maximum Gasteiger partial charge on any atom is 0.264 e. The van der Waals surface area contributed by atoms with E-state index >= 15 is 0 Å². The number of amides is 2. The normalized spacial score (nSPS) is 12.0. The van der Waals surface area contributed by atoms with E-state index in [-0.39, 0.29) is 28.1 Å². The molecular weight excluding hydrogens is 529 g/mol. The summed E-state index contributed by atoms with van der Waals surface area (Å²) in [6.07, 6.45) is 0.708. The number of nitrogens with one attached hydrogen (secondary N) is 1. The molecule has 1 unspecified atom stereocenters. The third-order valence-electron chi connectivity index (χ3n) is 5.99. The van der Waals surface area contributed by atoms with E-state index in [4.69, 9.17) is 11.6 Å². The summed E-state index contributed by atoms with van der Waals surface area (Å²) in [5.41, 5.74) is 1.59. The Balaban J connectivity index is 2.02. The Hall–Kier alpha value is -3.43. The van der Waals surface area contributed by atoms with Crippen LogP contribution in [-0.2, 0) is 26.2 Å². The number of para-hydroxylation sites is 1. The molecule has 0 radical (unpaired) electrons. The van der Waals surface area contributed by atoms with Gasteiger partial charge in [0.05, 0.1) is 15.6 Å². The van der Waals surface area contributed by atoms with E-state index in [1.54, 1.807) is 31.2 Å². The fourth-order valence-corrected chi connectivity index (χ4v) is 5.49. The molecule has 0 fully saturated rings. The lowest BCUT2D eigenvalue weighted by atomic mass is 10.1. The van der Waals surface area contributed by atoms with Crippen molar-refractivity contribution >= 4 is 39.1 Å². The van der Waals surface area contributed by atoms with Gasteiger partial charge in [0, 0.05) is 13.1 Å². The first-order valence-electron chi connectivity index (χ1n) is 12.2. The van der Waals surface area contributed by atoms with Gasteiger partial charge >= 0.3 is 0 Å². The lowest BCUT2D eigenvalue weighted by Crippen LogP contribution is -2.51. The predicted octanol–water partition coefficient (Wildman–Crippen LogP) is 4.93. The van der Waals surface area contributed by atoms with Gasteiger partial charge in [0.25, 0.3) is 10.0 Å². The summed E-state index contributed by atoms with van der Waals surface area (Å²) in [5, 5.41) is 2.92. The number of hydrogen-bond donors (Lipinski definition) is 1. The number of hydrogen-bond acceptors (Lipinski definition) is 4. The molecule has 0 saturated carbocycles. The number of carbonyl (C=O) groups excluding carboxylic acids is 2. The van der Waals surface area contributed by atoms with Crippen molar-refractivity contribution in [1.82, 2.24) is 10.2 Å². The fourth-order valence-electron chi connectivity index (χ4n) is 3.77. The maximum atomic E-state index is 13.8. The minimum Gasteiger partial charge on any atom is -0.354 e. The molecule has 202 valence electrons. The first-order chi connectivity index (χ1) is 18.0. The van der Waals surface area contributed by atoms with Gasteiger partial charge < -0.3 is 10.2 Å². The Morgan fingerprint density at radius 1 is 1.00 bits per heavy atom. The van der Waals surface area contributed by atoms with Gasteiger partial charge in [-0.25, -0.2) is 12.8 Å². The molecule has 10 heteroatoms. The standard InChI is InChI=1S/C28H31ClFN3O4S/c1-4-17-31-28(35)21(3)32(18-22-11-13-23(30)14-12-22)27(34)19-33(26-8-6-5-7-25(26)29)38(36,37)24-15-9-20(2)10-16-24/h5-16,21H,4,17-19H2,1-3H3,(H,31,35). The molecule has 38 heavy (non-hydrogen) atoms. The van der Waals surface area contributed by atoms with Crippen molar-refractivity contribution in [2.24, 2.45) is 0 Å². The molecule has 0 aliphatic rings. The number of anilines is 1. The van der Waals surface area contributed by atoms with Crippen LogP contribution < -0.4 is 9.62 Å². The summed E-state index contributed by atoms with van der Waals surface area (Å²) < 4.78 is 42.0. The highest BCUT2D eigenvalue weighted by Gasteiger charge is 2.33. The van der Waals surface area contributed by atoms with E-state index in [0.29, 0.717) is 18.5 Å². The Bertz CT molecular complexity index is 1370. The van der Waals surface area contributed by atoms with E-state index in [1.807, 2.05) is 13.8 Å². The molecule has 1 atom stereocenters. The minimum absolute atomic E-state index is 0.00496. The van der Waals surface area contributed by atoms with Crippen LogP contribution >= 0.6 is 11.6 Å². The van der Waals surface area contributed by atoms with Crippen LogP contribution in [0.1, 0.15) is 31.4 Å². The molecular formula is C28H31ClFN3O4S. The molecule has 3 aromatic rings. The maximum absolute atomic E-state index is 13.8. The molecule has 0 bridgehead atoms. The van der Waals surface area contributed by atoms with Crippen molar-refractivity contribution in [2.45, 2.75) is 44.7 Å². The number of sulfonamides is 1. The Labute approximate surface area is 228 Å². The van der Waals surface area contributed by atoms with Gasteiger partial charge in [-0.15, -0.1) is 0 Å². The zero-order valence-electron chi connectivity index (χ0n) is 21.5. The van der Waals surface area contributed by atoms with Crippen LogP contribution in [0.3, 0.4) is 0 Å². The molecule has 2 amide bonds. The number of benzene rings is 3. The van der Waals surface area contributed by atoms with Crippen LogP contribution in [0.2, 0.25) is 5.02 Å². The first kappa shape index (κ1) is 29.1. The van der Waals surface area contributed by atoms with E-state index in [2.05, 4.69) is 5.32 Å². The van der Waals surface area contributed by atoms with Crippen molar-refractivity contribution in [3.63, 3.8) is 0 Å². The van der Waals surface area contributed by atoms with Gasteiger partial charge in [0.15, 0.2) is 0 Å². The van der Waals surface area contributed by atoms with E-state index < -0.39 is 34.3 Å². The average molecular weight is 560 g/mol. The minimum atomic E-state index is -4.21. The summed E-state index contributed by atoms with van der Waals surface area (Å²) >= 11 is 6.38.